The number of furan rings is 1. The molecule has 1 unspecified atom stereocenters. The quantitative estimate of drug-likeness (QED) is 0.0911. The Morgan fingerprint density at radius 3 is 1.07 bits per heavy atom. The topological polar surface area (TPSA) is 61.7 Å². The van der Waals surface area contributed by atoms with Crippen LogP contribution in [0.1, 0.15) is 36.8 Å². The van der Waals surface area contributed by atoms with E-state index in [9.17, 15) is 0 Å². The Balaban J connectivity index is 0.603. The van der Waals surface area contributed by atoms with Crippen molar-refractivity contribution in [3.8, 4) is 156 Å². The minimum atomic E-state index is 0.0779. The van der Waals surface area contributed by atoms with Gasteiger partial charge in [-0.15, -0.1) is 0 Å². The van der Waals surface area contributed by atoms with E-state index in [4.69, 9.17) is 19.4 Å². The number of fused-ring (bicyclic) bond motifs is 9. The smallest absolute Gasteiger partial charge is 0.163 e. The second-order valence-electron chi connectivity index (χ2n) is 34.0. The summed E-state index contributed by atoms with van der Waals surface area (Å²) in [6, 6.07) is 154. The number of benzene rings is 18. The van der Waals surface area contributed by atoms with Crippen LogP contribution < -0.4 is 0 Å². The lowest BCUT2D eigenvalue weighted by Gasteiger charge is -2.16. The van der Waals surface area contributed by atoms with E-state index in [0.29, 0.717) is 5.82 Å². The number of rotatable bonds is 17. The fraction of sp³-hybridized carbons (Fsp3) is 0.0325. The molecule has 4 heterocycles. The third kappa shape index (κ3) is 14.4. The van der Waals surface area contributed by atoms with Crippen molar-refractivity contribution in [3.63, 3.8) is 0 Å². The molecule has 0 bridgehead atoms. The molecule has 0 radical (unpaired) electrons. The summed E-state index contributed by atoms with van der Waals surface area (Å²) in [5.74, 6) is 2.31. The van der Waals surface area contributed by atoms with Gasteiger partial charge >= 0.3 is 0 Å². The number of aromatic nitrogens is 5. The van der Waals surface area contributed by atoms with Crippen molar-refractivity contribution in [2.45, 2.75) is 25.2 Å². The molecule has 0 saturated carbocycles. The second kappa shape index (κ2) is 32.5. The predicted molar refractivity (Wildman–Crippen MR) is 538 cm³/mol. The standard InChI is InChI=1S/C123H83N5O/c1-5-26-80(27-6-1)86-34-19-36-88(66-86)90-38-22-42-94(69-90)98-58-64-117-112(76-98)108-48-13-16-51-115(108)127(117)106-60-54-82(55-61-106)102-73-103(83-56-62-107(63-57-83)128-116-52-17-14-49-109(116)113-77-99(59-65-118(113)128)95-43-23-39-91(70-95)89-37-20-35-87(67-89)81-28-7-2-8-29-81)75-104(74-102)105-78-111(120-114(79-105)110-50-15-18-53-119(110)129-120)100-46-24-44-96(71-100)92-40-21-41-93(68-92)97-45-25-47-101(72-97)123-125-121(84-30-9-3-10-31-84)124-122(126-123)85-32-11-4-12-33-85/h1-11,13-30,32,34-79,84H,12,31,33H2. The van der Waals surface area contributed by atoms with Crippen LogP contribution in [0, 0.1) is 0 Å². The lowest BCUT2D eigenvalue weighted by Crippen LogP contribution is -2.09. The van der Waals surface area contributed by atoms with Gasteiger partial charge in [-0.2, -0.15) is 0 Å². The molecule has 24 rings (SSSR count). The average Bonchev–Trinajstić information content (AvgIpc) is 1.61. The summed E-state index contributed by atoms with van der Waals surface area (Å²) in [4.78, 5) is 15.5. The highest BCUT2D eigenvalue weighted by atomic mass is 16.3. The van der Waals surface area contributed by atoms with E-state index in [2.05, 4.69) is 470 Å². The van der Waals surface area contributed by atoms with Crippen LogP contribution in [-0.2, 0) is 0 Å². The van der Waals surface area contributed by atoms with Crippen LogP contribution in [0.4, 0.5) is 0 Å². The highest BCUT2D eigenvalue weighted by Gasteiger charge is 2.24. The van der Waals surface area contributed by atoms with E-state index < -0.39 is 0 Å². The molecule has 1 atom stereocenters. The van der Waals surface area contributed by atoms with Crippen LogP contribution >= 0.6 is 0 Å². The van der Waals surface area contributed by atoms with Gasteiger partial charge < -0.3 is 13.6 Å². The first-order chi connectivity index (χ1) is 63.9. The van der Waals surface area contributed by atoms with Gasteiger partial charge in [0.2, 0.25) is 0 Å². The first kappa shape index (κ1) is 76.0. The normalized spacial score (nSPS) is 13.2. The maximum atomic E-state index is 7.05. The maximum Gasteiger partial charge on any atom is 0.163 e. The third-order valence-corrected chi connectivity index (χ3v) is 26.1. The summed E-state index contributed by atoms with van der Waals surface area (Å²) in [7, 11) is 0. The van der Waals surface area contributed by atoms with Crippen molar-refractivity contribution in [2.75, 3.05) is 0 Å². The molecular weight excluding hydrogens is 1560 g/mol. The van der Waals surface area contributed by atoms with E-state index >= 15 is 0 Å². The fourth-order valence-corrected chi connectivity index (χ4v) is 19.6. The molecule has 6 nitrogen and oxygen atoms in total. The molecule has 2 aliphatic carbocycles. The van der Waals surface area contributed by atoms with Crippen molar-refractivity contribution >= 4 is 71.1 Å². The second-order valence-corrected chi connectivity index (χ2v) is 34.0. The highest BCUT2D eigenvalue weighted by Crippen LogP contribution is 2.46. The number of hydrogen-bond acceptors (Lipinski definition) is 4. The van der Waals surface area contributed by atoms with E-state index in [1.165, 1.54) is 88.3 Å². The summed E-state index contributed by atoms with van der Waals surface area (Å²) >= 11 is 0. The molecule has 0 spiro atoms. The molecule has 606 valence electrons. The molecule has 0 amide bonds. The Hall–Kier alpha value is -16.7. The number of nitrogens with zero attached hydrogens (tertiary/aromatic N) is 5. The Bertz CT molecular complexity index is 8010. The molecule has 0 saturated heterocycles. The largest absolute Gasteiger partial charge is 0.455 e. The van der Waals surface area contributed by atoms with Crippen LogP contribution in [0.25, 0.3) is 227 Å². The van der Waals surface area contributed by atoms with Crippen molar-refractivity contribution < 1.29 is 4.42 Å². The molecule has 0 aliphatic heterocycles. The van der Waals surface area contributed by atoms with E-state index in [0.717, 1.165) is 164 Å². The number of para-hydroxylation sites is 3. The fourth-order valence-electron chi connectivity index (χ4n) is 19.6. The van der Waals surface area contributed by atoms with Gasteiger partial charge in [0.05, 0.1) is 22.1 Å². The minimum absolute atomic E-state index is 0.0779. The molecule has 22 aromatic rings. The van der Waals surface area contributed by atoms with Crippen molar-refractivity contribution in [3.05, 3.63) is 473 Å². The molecule has 4 aromatic heterocycles. The van der Waals surface area contributed by atoms with Crippen LogP contribution in [0.3, 0.4) is 0 Å². The number of allylic oxidation sites excluding steroid dienone is 8. The third-order valence-electron chi connectivity index (χ3n) is 26.1. The molecular formula is C123H83N5O. The lowest BCUT2D eigenvalue weighted by atomic mass is 9.90. The van der Waals surface area contributed by atoms with E-state index in [-0.39, 0.29) is 5.92 Å². The molecule has 0 fully saturated rings. The van der Waals surface area contributed by atoms with Crippen LogP contribution in [0.5, 0.6) is 0 Å². The van der Waals surface area contributed by atoms with Crippen LogP contribution in [0.15, 0.2) is 466 Å². The molecule has 18 aromatic carbocycles. The maximum absolute atomic E-state index is 7.05. The SMILES string of the molecule is C1=CCCC(c2nc(-c3cccc(-c4cccc(-c5cccc(-c6cc(-c7cc(-c8ccc(-n9c%10ccccc%10c%10cc(-c%11cccc(-c%12cccc(-c%13ccccc%13)c%12)c%11)ccc%109)cc8)cc(-c8ccc(-n9c%10ccccc%10c%10cc(-c%11cccc(-c%12cccc(-c%13ccccc%13)c%12)c%11)ccc%109)cc8)c7)cc7c6oc6ccccc67)c5)c4)c3)nc(C3C=CC=CC3)n2)=C1. The zero-order chi connectivity index (χ0) is 85.2. The Morgan fingerprint density at radius 1 is 0.240 bits per heavy atom. The molecule has 6 heteroatoms. The van der Waals surface area contributed by atoms with E-state index in [1.54, 1.807) is 0 Å². The van der Waals surface area contributed by atoms with Crippen LogP contribution in [-0.4, -0.2) is 24.1 Å². The monoisotopic (exact) mass is 1650 g/mol. The summed E-state index contributed by atoms with van der Waals surface area (Å²) in [5.41, 5.74) is 37.8. The van der Waals surface area contributed by atoms with Gasteiger partial charge in [0.25, 0.3) is 0 Å². The van der Waals surface area contributed by atoms with Gasteiger partial charge in [0.15, 0.2) is 11.6 Å². The first-order valence-corrected chi connectivity index (χ1v) is 44.6. The summed E-state index contributed by atoms with van der Waals surface area (Å²) in [5, 5.41) is 6.94. The Labute approximate surface area is 748 Å². The van der Waals surface area contributed by atoms with Gasteiger partial charge in [0.1, 0.15) is 17.0 Å². The van der Waals surface area contributed by atoms with Crippen molar-refractivity contribution in [1.82, 2.24) is 24.1 Å². The minimum Gasteiger partial charge on any atom is -0.455 e. The van der Waals surface area contributed by atoms with Crippen molar-refractivity contribution in [1.29, 1.82) is 0 Å². The molecule has 129 heavy (non-hydrogen) atoms. The Kier molecular flexibility index (Phi) is 19.1. The number of hydrogen-bond donors (Lipinski definition) is 0. The summed E-state index contributed by atoms with van der Waals surface area (Å²) in [6.07, 6.45) is 17.8. The molecule has 2 aliphatic rings. The average molecular weight is 1650 g/mol. The van der Waals surface area contributed by atoms with Gasteiger partial charge in [-0.1, -0.05) is 322 Å². The Morgan fingerprint density at radius 2 is 0.597 bits per heavy atom. The van der Waals surface area contributed by atoms with Gasteiger partial charge in [0, 0.05) is 60.7 Å². The zero-order valence-electron chi connectivity index (χ0n) is 70.7. The lowest BCUT2D eigenvalue weighted by molar-refractivity contribution is 0.670. The van der Waals surface area contributed by atoms with Gasteiger partial charge in [-0.05, 0) is 292 Å². The predicted octanol–water partition coefficient (Wildman–Crippen LogP) is 33.0. The first-order valence-electron chi connectivity index (χ1n) is 44.6. The van der Waals surface area contributed by atoms with E-state index in [1.807, 2.05) is 0 Å². The summed E-state index contributed by atoms with van der Waals surface area (Å²) in [6.45, 7) is 0. The summed E-state index contributed by atoms with van der Waals surface area (Å²) < 4.78 is 11.9. The molecule has 0 N–H and O–H groups in total. The highest BCUT2D eigenvalue weighted by molar-refractivity contribution is 6.14. The zero-order valence-corrected chi connectivity index (χ0v) is 70.7. The van der Waals surface area contributed by atoms with Gasteiger partial charge in [-0.3, -0.25) is 0 Å². The van der Waals surface area contributed by atoms with Gasteiger partial charge in [-0.25, -0.2) is 15.0 Å². The van der Waals surface area contributed by atoms with Crippen molar-refractivity contribution in [2.24, 2.45) is 0 Å². The van der Waals surface area contributed by atoms with Crippen LogP contribution in [0.2, 0.25) is 0 Å².